The second-order valence-electron chi connectivity index (χ2n) is 4.68. The lowest BCUT2D eigenvalue weighted by atomic mass is 9.42. The average molecular weight is 324 g/mol. The number of benzene rings is 1. The van der Waals surface area contributed by atoms with Crippen molar-refractivity contribution in [3.8, 4) is 0 Å². The zero-order valence-corrected chi connectivity index (χ0v) is 9.95. The van der Waals surface area contributed by atoms with E-state index in [1.54, 1.807) is 0 Å². The molecule has 0 N–H and O–H groups in total. The van der Waals surface area contributed by atoms with Crippen molar-refractivity contribution in [2.45, 2.75) is 28.1 Å². The van der Waals surface area contributed by atoms with Gasteiger partial charge in [0.1, 0.15) is 0 Å². The Morgan fingerprint density at radius 2 is 1.60 bits per heavy atom. The van der Waals surface area contributed by atoms with Crippen molar-refractivity contribution in [3.05, 3.63) is 35.1 Å². The second kappa shape index (κ2) is 2.70. The van der Waals surface area contributed by atoms with Gasteiger partial charge in [0.2, 0.25) is 0 Å². The predicted octanol–water partition coefficient (Wildman–Crippen LogP) is 3.71. The minimum Gasteiger partial charge on any atom is -0.204 e. The largest absolute Gasteiger partial charge is 0.204 e. The Labute approximate surface area is 99.0 Å². The molecule has 15 heavy (non-hydrogen) atoms. The molecule has 1 aromatic carbocycles. The predicted molar refractivity (Wildman–Crippen MR) is 58.6 cm³/mol. The van der Waals surface area contributed by atoms with E-state index in [2.05, 4.69) is 22.6 Å². The molecule has 3 aliphatic rings. The summed E-state index contributed by atoms with van der Waals surface area (Å²) in [7, 11) is 0. The summed E-state index contributed by atoms with van der Waals surface area (Å²) in [6, 6.07) is 2.41. The topological polar surface area (TPSA) is 0 Å². The Balaban J connectivity index is 2.04. The van der Waals surface area contributed by atoms with Gasteiger partial charge >= 0.3 is 0 Å². The van der Waals surface area contributed by atoms with E-state index in [4.69, 9.17) is 0 Å². The molecule has 3 fully saturated rings. The molecule has 2 bridgehead atoms. The highest BCUT2D eigenvalue weighted by Crippen LogP contribution is 2.72. The highest BCUT2D eigenvalue weighted by atomic mass is 127. The fraction of sp³-hybridized carbons (Fsp3) is 0.455. The summed E-state index contributed by atoms with van der Waals surface area (Å²) < 4.78 is 39.6. The first-order valence-corrected chi connectivity index (χ1v) is 5.87. The quantitative estimate of drug-likeness (QED) is 0.420. The SMILES string of the molecule is Fc1ccc(C23CC(I)(C2)C3)c(F)c1F. The molecule has 0 heterocycles. The van der Waals surface area contributed by atoms with Crippen LogP contribution in [0.2, 0.25) is 0 Å². The highest BCUT2D eigenvalue weighted by molar-refractivity contribution is 14.1. The van der Waals surface area contributed by atoms with Crippen molar-refractivity contribution in [1.82, 2.24) is 0 Å². The molecule has 0 nitrogen and oxygen atoms in total. The van der Waals surface area contributed by atoms with Crippen LogP contribution in [0.3, 0.4) is 0 Å². The van der Waals surface area contributed by atoms with Crippen LogP contribution < -0.4 is 0 Å². The molecule has 4 heteroatoms. The Hall–Kier alpha value is -0.260. The molecule has 1 aromatic rings. The van der Waals surface area contributed by atoms with Gasteiger partial charge in [-0.25, -0.2) is 13.2 Å². The third-order valence-corrected chi connectivity index (χ3v) is 4.72. The lowest BCUT2D eigenvalue weighted by molar-refractivity contribution is 0.0180. The van der Waals surface area contributed by atoms with Gasteiger partial charge in [-0.05, 0) is 30.9 Å². The van der Waals surface area contributed by atoms with Crippen molar-refractivity contribution in [2.75, 3.05) is 0 Å². The summed E-state index contributed by atoms with van der Waals surface area (Å²) in [6.45, 7) is 0. The molecule has 3 saturated carbocycles. The molecule has 0 atom stereocenters. The Morgan fingerprint density at radius 1 is 1.00 bits per heavy atom. The number of alkyl halides is 1. The molecule has 0 spiro atoms. The van der Waals surface area contributed by atoms with Crippen LogP contribution in [-0.4, -0.2) is 3.42 Å². The molecular formula is C11H8F3I. The van der Waals surface area contributed by atoms with Crippen LogP contribution in [0.25, 0.3) is 0 Å². The Kier molecular flexibility index (Phi) is 1.79. The average Bonchev–Trinajstić information content (AvgIpc) is 2.09. The third-order valence-electron chi connectivity index (χ3n) is 3.57. The van der Waals surface area contributed by atoms with Gasteiger partial charge in [0, 0.05) is 8.84 Å². The molecule has 4 rings (SSSR count). The van der Waals surface area contributed by atoms with E-state index in [9.17, 15) is 13.2 Å². The van der Waals surface area contributed by atoms with Crippen molar-refractivity contribution in [3.63, 3.8) is 0 Å². The maximum Gasteiger partial charge on any atom is 0.194 e. The molecule has 3 aliphatic carbocycles. The smallest absolute Gasteiger partial charge is 0.194 e. The summed E-state index contributed by atoms with van der Waals surface area (Å²) in [5.74, 6) is -3.43. The van der Waals surface area contributed by atoms with E-state index < -0.39 is 17.5 Å². The Morgan fingerprint density at radius 3 is 2.13 bits per heavy atom. The molecule has 0 aliphatic heterocycles. The highest BCUT2D eigenvalue weighted by Gasteiger charge is 2.67. The molecule has 0 aromatic heterocycles. The van der Waals surface area contributed by atoms with Crippen LogP contribution in [0.5, 0.6) is 0 Å². The van der Waals surface area contributed by atoms with E-state index in [1.165, 1.54) is 6.07 Å². The number of rotatable bonds is 1. The van der Waals surface area contributed by atoms with Crippen molar-refractivity contribution >= 4 is 22.6 Å². The van der Waals surface area contributed by atoms with E-state index in [0.717, 1.165) is 25.3 Å². The standard InChI is InChI=1S/C11H8F3I/c12-7-2-1-6(8(13)9(7)14)10-3-11(15,4-10)5-10/h1-2H,3-5H2. The lowest BCUT2D eigenvalue weighted by Gasteiger charge is -2.68. The number of hydrogen-bond acceptors (Lipinski definition) is 0. The van der Waals surface area contributed by atoms with Crippen molar-refractivity contribution < 1.29 is 13.2 Å². The van der Waals surface area contributed by atoms with Crippen LogP contribution >= 0.6 is 22.6 Å². The van der Waals surface area contributed by atoms with Crippen LogP contribution in [0, 0.1) is 17.5 Å². The van der Waals surface area contributed by atoms with E-state index in [1.807, 2.05) is 0 Å². The van der Waals surface area contributed by atoms with E-state index >= 15 is 0 Å². The summed E-state index contributed by atoms with van der Waals surface area (Å²) in [5.41, 5.74) is 0.166. The first-order valence-electron chi connectivity index (χ1n) is 4.79. The maximum absolute atomic E-state index is 13.5. The maximum atomic E-state index is 13.5. The monoisotopic (exact) mass is 324 g/mol. The van der Waals surface area contributed by atoms with Crippen LogP contribution in [0.4, 0.5) is 13.2 Å². The zero-order chi connectivity index (χ0) is 10.8. The lowest BCUT2D eigenvalue weighted by Crippen LogP contribution is -2.66. The number of hydrogen-bond donors (Lipinski definition) is 0. The molecule has 0 unspecified atom stereocenters. The summed E-state index contributed by atoms with van der Waals surface area (Å²) >= 11 is 2.37. The minimum absolute atomic E-state index is 0.195. The van der Waals surface area contributed by atoms with Gasteiger partial charge in [-0.2, -0.15) is 0 Å². The van der Waals surface area contributed by atoms with Gasteiger partial charge in [0.15, 0.2) is 17.5 Å². The second-order valence-corrected chi connectivity index (χ2v) is 6.97. The van der Waals surface area contributed by atoms with Gasteiger partial charge in [-0.1, -0.05) is 28.7 Å². The first kappa shape index (κ1) is 9.93. The first-order chi connectivity index (χ1) is 6.96. The minimum atomic E-state index is -1.33. The Bertz CT molecular complexity index is 436. The summed E-state index contributed by atoms with van der Waals surface area (Å²) in [5, 5.41) is 0. The molecular weight excluding hydrogens is 316 g/mol. The third kappa shape index (κ3) is 1.14. The molecule has 0 radical (unpaired) electrons. The van der Waals surface area contributed by atoms with E-state index in [0.29, 0.717) is 8.99 Å². The fourth-order valence-electron chi connectivity index (χ4n) is 2.89. The van der Waals surface area contributed by atoms with Gasteiger partial charge in [0.05, 0.1) is 0 Å². The summed E-state index contributed by atoms with van der Waals surface area (Å²) in [6.07, 6.45) is 2.67. The van der Waals surface area contributed by atoms with E-state index in [-0.39, 0.29) is 5.41 Å². The molecule has 0 amide bonds. The van der Waals surface area contributed by atoms with Gasteiger partial charge in [0.25, 0.3) is 0 Å². The van der Waals surface area contributed by atoms with Crippen molar-refractivity contribution in [1.29, 1.82) is 0 Å². The normalized spacial score (nSPS) is 37.1. The summed E-state index contributed by atoms with van der Waals surface area (Å²) in [4.78, 5) is 0. The van der Waals surface area contributed by atoms with Crippen LogP contribution in [-0.2, 0) is 5.41 Å². The number of halogens is 4. The fourth-order valence-corrected chi connectivity index (χ4v) is 5.08. The molecule has 0 saturated heterocycles. The van der Waals surface area contributed by atoms with Crippen LogP contribution in [0.15, 0.2) is 12.1 Å². The van der Waals surface area contributed by atoms with Gasteiger partial charge < -0.3 is 0 Å². The van der Waals surface area contributed by atoms with Crippen molar-refractivity contribution in [2.24, 2.45) is 0 Å². The molecule has 80 valence electrons. The van der Waals surface area contributed by atoms with Gasteiger partial charge in [-0.15, -0.1) is 0 Å². The van der Waals surface area contributed by atoms with Crippen LogP contribution in [0.1, 0.15) is 24.8 Å². The zero-order valence-electron chi connectivity index (χ0n) is 7.79. The van der Waals surface area contributed by atoms with Gasteiger partial charge in [-0.3, -0.25) is 0 Å².